The van der Waals surface area contributed by atoms with Crippen LogP contribution in [0.4, 0.5) is 18.9 Å². The smallest absolute Gasteiger partial charge is 0.317 e. The van der Waals surface area contributed by atoms with Crippen LogP contribution in [0.15, 0.2) is 24.3 Å². The first kappa shape index (κ1) is 17.8. The summed E-state index contributed by atoms with van der Waals surface area (Å²) >= 11 is 0. The molecule has 0 spiro atoms. The van der Waals surface area contributed by atoms with Gasteiger partial charge >= 0.3 is 6.18 Å². The molecule has 0 aliphatic carbocycles. The van der Waals surface area contributed by atoms with Crippen LogP contribution in [0.2, 0.25) is 0 Å². The van der Waals surface area contributed by atoms with E-state index in [1.165, 1.54) is 12.1 Å². The Labute approximate surface area is 122 Å². The molecule has 1 aromatic rings. The highest BCUT2D eigenvalue weighted by Gasteiger charge is 2.34. The van der Waals surface area contributed by atoms with Gasteiger partial charge in [0.25, 0.3) is 0 Å². The van der Waals surface area contributed by atoms with Crippen molar-refractivity contribution >= 4 is 15.7 Å². The molecular weight excluding hydrogens is 305 g/mol. The summed E-state index contributed by atoms with van der Waals surface area (Å²) in [7, 11) is -3.78. The van der Waals surface area contributed by atoms with Crippen molar-refractivity contribution in [3.63, 3.8) is 0 Å². The second-order valence-electron chi connectivity index (χ2n) is 4.52. The number of para-hydroxylation sites is 1. The quantitative estimate of drug-likeness (QED) is 0.723. The van der Waals surface area contributed by atoms with E-state index in [0.29, 0.717) is 19.4 Å². The van der Waals surface area contributed by atoms with Crippen molar-refractivity contribution in [2.24, 2.45) is 0 Å². The molecule has 1 aromatic carbocycles. The fourth-order valence-corrected chi connectivity index (χ4v) is 2.96. The lowest BCUT2D eigenvalue weighted by Crippen LogP contribution is -2.21. The van der Waals surface area contributed by atoms with E-state index in [9.17, 15) is 21.6 Å². The number of sulfonamides is 1. The normalized spacial score (nSPS) is 12.4. The van der Waals surface area contributed by atoms with E-state index < -0.39 is 27.5 Å². The van der Waals surface area contributed by atoms with Crippen LogP contribution >= 0.6 is 0 Å². The van der Waals surface area contributed by atoms with Crippen LogP contribution in [-0.4, -0.2) is 27.3 Å². The summed E-state index contributed by atoms with van der Waals surface area (Å²) in [6, 6.07) is 4.54. The molecular formula is C13H19F3N2O2S. The Bertz CT molecular complexity index is 545. The van der Waals surface area contributed by atoms with Crippen molar-refractivity contribution in [1.29, 1.82) is 0 Å². The number of halogens is 3. The van der Waals surface area contributed by atoms with Crippen molar-refractivity contribution in [3.8, 4) is 0 Å². The Balaban J connectivity index is 2.68. The second-order valence-corrected chi connectivity index (χ2v) is 6.37. The minimum atomic E-state index is -4.59. The summed E-state index contributed by atoms with van der Waals surface area (Å²) in [6.45, 7) is 3.42. The highest BCUT2D eigenvalue weighted by Crippen LogP contribution is 2.34. The zero-order chi connectivity index (χ0) is 15.9. The molecule has 8 heteroatoms. The van der Waals surface area contributed by atoms with Gasteiger partial charge in [-0.2, -0.15) is 13.2 Å². The molecule has 0 aliphatic heterocycles. The van der Waals surface area contributed by atoms with E-state index in [1.54, 1.807) is 0 Å². The van der Waals surface area contributed by atoms with Crippen LogP contribution in [0.25, 0.3) is 0 Å². The van der Waals surface area contributed by atoms with E-state index in [1.807, 2.05) is 11.6 Å². The lowest BCUT2D eigenvalue weighted by atomic mass is 10.2. The van der Waals surface area contributed by atoms with Gasteiger partial charge in [-0.1, -0.05) is 19.1 Å². The monoisotopic (exact) mass is 324 g/mol. The Morgan fingerprint density at radius 2 is 1.81 bits per heavy atom. The maximum atomic E-state index is 12.8. The zero-order valence-electron chi connectivity index (χ0n) is 11.7. The van der Waals surface area contributed by atoms with Crippen molar-refractivity contribution in [2.75, 3.05) is 23.6 Å². The Hall–Kier alpha value is -1.28. The van der Waals surface area contributed by atoms with Crippen LogP contribution in [0.3, 0.4) is 0 Å². The number of alkyl halides is 3. The average molecular weight is 324 g/mol. The summed E-state index contributed by atoms with van der Waals surface area (Å²) < 4.78 is 64.0. The highest BCUT2D eigenvalue weighted by molar-refractivity contribution is 7.92. The van der Waals surface area contributed by atoms with Crippen LogP contribution in [0, 0.1) is 0 Å². The standard InChI is InChI=1S/C13H19F3N2O2S/c1-2-17-9-5-6-10-21(19,20)18-12-8-4-3-7-11(12)13(14,15)16/h3-4,7-8,17-18H,2,5-6,9-10H2,1H3. The predicted octanol–water partition coefficient (Wildman–Crippen LogP) is 2.84. The molecule has 120 valence electrons. The first-order valence-electron chi connectivity index (χ1n) is 6.63. The van der Waals surface area contributed by atoms with Gasteiger partial charge in [-0.05, 0) is 38.1 Å². The topological polar surface area (TPSA) is 58.2 Å². The average Bonchev–Trinajstić information content (AvgIpc) is 2.37. The number of nitrogens with one attached hydrogen (secondary N) is 2. The van der Waals surface area contributed by atoms with Crippen LogP contribution in [0.5, 0.6) is 0 Å². The molecule has 0 amide bonds. The van der Waals surface area contributed by atoms with Gasteiger partial charge in [0.1, 0.15) is 0 Å². The number of rotatable bonds is 8. The van der Waals surface area contributed by atoms with E-state index in [-0.39, 0.29) is 5.75 Å². The van der Waals surface area contributed by atoms with E-state index in [4.69, 9.17) is 0 Å². The molecule has 1 rings (SSSR count). The maximum Gasteiger partial charge on any atom is 0.418 e. The van der Waals surface area contributed by atoms with Gasteiger partial charge in [0.15, 0.2) is 0 Å². The van der Waals surface area contributed by atoms with Crippen molar-refractivity contribution < 1.29 is 21.6 Å². The zero-order valence-corrected chi connectivity index (χ0v) is 12.5. The van der Waals surface area contributed by atoms with Gasteiger partial charge < -0.3 is 5.32 Å². The fourth-order valence-electron chi connectivity index (χ4n) is 1.76. The van der Waals surface area contributed by atoms with Crippen LogP contribution in [-0.2, 0) is 16.2 Å². The largest absolute Gasteiger partial charge is 0.418 e. The molecule has 2 N–H and O–H groups in total. The lowest BCUT2D eigenvalue weighted by Gasteiger charge is -2.14. The number of anilines is 1. The van der Waals surface area contributed by atoms with Gasteiger partial charge in [0, 0.05) is 0 Å². The number of hydrogen-bond donors (Lipinski definition) is 2. The maximum absolute atomic E-state index is 12.8. The predicted molar refractivity (Wildman–Crippen MR) is 76.6 cm³/mol. The number of hydrogen-bond acceptors (Lipinski definition) is 3. The molecule has 0 aromatic heterocycles. The summed E-state index contributed by atoms with van der Waals surface area (Å²) in [5, 5.41) is 3.05. The van der Waals surface area contributed by atoms with Gasteiger partial charge in [0.05, 0.1) is 17.0 Å². The summed E-state index contributed by atoms with van der Waals surface area (Å²) in [5.74, 6) is -0.204. The Morgan fingerprint density at radius 3 is 2.43 bits per heavy atom. The fraction of sp³-hybridized carbons (Fsp3) is 0.538. The number of unbranched alkanes of at least 4 members (excludes halogenated alkanes) is 1. The summed E-state index contributed by atoms with van der Waals surface area (Å²) in [4.78, 5) is 0. The molecule has 0 fully saturated rings. The first-order valence-corrected chi connectivity index (χ1v) is 8.29. The Kier molecular flexibility index (Phi) is 6.47. The van der Waals surface area contributed by atoms with E-state index in [0.717, 1.165) is 18.7 Å². The third-order valence-electron chi connectivity index (χ3n) is 2.76. The minimum Gasteiger partial charge on any atom is -0.317 e. The molecule has 0 radical (unpaired) electrons. The molecule has 0 saturated carbocycles. The van der Waals surface area contributed by atoms with Crippen LogP contribution < -0.4 is 10.0 Å². The highest BCUT2D eigenvalue weighted by atomic mass is 32.2. The first-order chi connectivity index (χ1) is 9.76. The second kappa shape index (κ2) is 7.65. The third-order valence-corrected chi connectivity index (χ3v) is 4.12. The van der Waals surface area contributed by atoms with Crippen molar-refractivity contribution in [1.82, 2.24) is 5.32 Å². The molecule has 0 bridgehead atoms. The minimum absolute atomic E-state index is 0.204. The lowest BCUT2D eigenvalue weighted by molar-refractivity contribution is -0.136. The van der Waals surface area contributed by atoms with Crippen molar-refractivity contribution in [3.05, 3.63) is 29.8 Å². The molecule has 0 saturated heterocycles. The van der Waals surface area contributed by atoms with Crippen molar-refractivity contribution in [2.45, 2.75) is 25.9 Å². The molecule has 4 nitrogen and oxygen atoms in total. The SMILES string of the molecule is CCNCCCCS(=O)(=O)Nc1ccccc1C(F)(F)F. The molecule has 21 heavy (non-hydrogen) atoms. The van der Waals surface area contributed by atoms with Gasteiger partial charge in [0.2, 0.25) is 10.0 Å². The molecule has 0 aliphatic rings. The van der Waals surface area contributed by atoms with Gasteiger partial charge in [-0.25, -0.2) is 8.42 Å². The Morgan fingerprint density at radius 1 is 1.14 bits per heavy atom. The summed E-state index contributed by atoms with van der Waals surface area (Å²) in [6.07, 6.45) is -3.56. The van der Waals surface area contributed by atoms with E-state index in [2.05, 4.69) is 5.32 Å². The van der Waals surface area contributed by atoms with Gasteiger partial charge in [-0.3, -0.25) is 4.72 Å². The summed E-state index contributed by atoms with van der Waals surface area (Å²) in [5.41, 5.74) is -1.42. The molecule has 0 heterocycles. The third kappa shape index (κ3) is 6.34. The van der Waals surface area contributed by atoms with Crippen LogP contribution in [0.1, 0.15) is 25.3 Å². The molecule has 0 unspecified atom stereocenters. The molecule has 0 atom stereocenters. The van der Waals surface area contributed by atoms with Gasteiger partial charge in [-0.15, -0.1) is 0 Å². The van der Waals surface area contributed by atoms with E-state index >= 15 is 0 Å². The number of benzene rings is 1.